The molecule has 0 bridgehead atoms. The molecule has 19 heavy (non-hydrogen) atoms. The lowest BCUT2D eigenvalue weighted by molar-refractivity contribution is -0.00280. The molecule has 6 nitrogen and oxygen atoms in total. The molecule has 104 valence electrons. The van der Waals surface area contributed by atoms with Gasteiger partial charge in [0.25, 0.3) is 5.91 Å². The fourth-order valence-corrected chi connectivity index (χ4v) is 2.29. The number of hydrogen-bond acceptors (Lipinski definition) is 5. The highest BCUT2D eigenvalue weighted by Gasteiger charge is 2.27. The summed E-state index contributed by atoms with van der Waals surface area (Å²) in [6.07, 6.45) is 0.887. The van der Waals surface area contributed by atoms with E-state index in [0.717, 1.165) is 12.1 Å². The summed E-state index contributed by atoms with van der Waals surface area (Å²) in [6.45, 7) is 5.73. The van der Waals surface area contributed by atoms with E-state index in [2.05, 4.69) is 17.3 Å². The Morgan fingerprint density at radius 3 is 3.11 bits per heavy atom. The average molecular weight is 264 g/mol. The van der Waals surface area contributed by atoms with E-state index >= 15 is 0 Å². The minimum Gasteiger partial charge on any atom is -0.377 e. The lowest BCUT2D eigenvalue weighted by atomic mass is 10.1. The first-order chi connectivity index (χ1) is 9.15. The molecule has 1 aromatic rings. The Morgan fingerprint density at radius 2 is 2.42 bits per heavy atom. The molecule has 6 heteroatoms. The van der Waals surface area contributed by atoms with Crippen LogP contribution in [-0.4, -0.2) is 41.6 Å². The van der Waals surface area contributed by atoms with Crippen LogP contribution in [0, 0.1) is 6.92 Å². The van der Waals surface area contributed by atoms with Crippen molar-refractivity contribution < 1.29 is 9.53 Å². The molecule has 0 saturated carbocycles. The average Bonchev–Trinajstić information content (AvgIpc) is 2.45. The van der Waals surface area contributed by atoms with Crippen LogP contribution in [0.4, 0.5) is 5.82 Å². The molecule has 1 unspecified atom stereocenters. The molecule has 1 aliphatic rings. The monoisotopic (exact) mass is 264 g/mol. The third kappa shape index (κ3) is 3.02. The number of carbonyl (C=O) groups is 1. The molecule has 0 aliphatic carbocycles. The number of anilines is 1. The first-order valence-electron chi connectivity index (χ1n) is 6.49. The van der Waals surface area contributed by atoms with Crippen molar-refractivity contribution in [1.82, 2.24) is 9.88 Å². The van der Waals surface area contributed by atoms with Gasteiger partial charge < -0.3 is 15.1 Å². The Hall–Kier alpha value is -1.66. The number of ether oxygens (including phenoxy) is 1. The highest BCUT2D eigenvalue weighted by atomic mass is 16.5. The number of hydrogen-bond donors (Lipinski definition) is 2. The van der Waals surface area contributed by atoms with Gasteiger partial charge in [0.15, 0.2) is 0 Å². The van der Waals surface area contributed by atoms with Gasteiger partial charge in [-0.3, -0.25) is 4.79 Å². The number of amides is 1. The predicted octanol–water partition coefficient (Wildman–Crippen LogP) is 0.927. The molecule has 1 aromatic heterocycles. The van der Waals surface area contributed by atoms with E-state index in [-0.39, 0.29) is 11.9 Å². The van der Waals surface area contributed by atoms with Gasteiger partial charge in [-0.15, -0.1) is 0 Å². The highest BCUT2D eigenvalue weighted by molar-refractivity contribution is 5.95. The highest BCUT2D eigenvalue weighted by Crippen LogP contribution is 2.17. The van der Waals surface area contributed by atoms with E-state index in [4.69, 9.17) is 10.6 Å². The van der Waals surface area contributed by atoms with E-state index in [9.17, 15) is 4.79 Å². The summed E-state index contributed by atoms with van der Waals surface area (Å²) in [4.78, 5) is 18.6. The number of pyridine rings is 1. The Kier molecular flexibility index (Phi) is 4.34. The molecule has 1 fully saturated rings. The molecule has 1 saturated heterocycles. The number of carbonyl (C=O) groups excluding carboxylic acids is 1. The first-order valence-corrected chi connectivity index (χ1v) is 6.49. The maximum absolute atomic E-state index is 12.6. The van der Waals surface area contributed by atoms with Gasteiger partial charge in [-0.2, -0.15) is 0 Å². The van der Waals surface area contributed by atoms with Gasteiger partial charge in [-0.25, -0.2) is 10.8 Å². The van der Waals surface area contributed by atoms with Crippen molar-refractivity contribution in [2.45, 2.75) is 26.3 Å². The summed E-state index contributed by atoms with van der Waals surface area (Å²) in [5, 5.41) is 0. The predicted molar refractivity (Wildman–Crippen MR) is 72.7 cm³/mol. The van der Waals surface area contributed by atoms with Crippen molar-refractivity contribution in [1.29, 1.82) is 0 Å². The molecule has 1 amide bonds. The number of nitrogen functional groups attached to an aromatic ring is 1. The Labute approximate surface area is 112 Å². The second kappa shape index (κ2) is 5.99. The van der Waals surface area contributed by atoms with Crippen LogP contribution >= 0.6 is 0 Å². The lowest BCUT2D eigenvalue weighted by Gasteiger charge is -2.35. The zero-order valence-electron chi connectivity index (χ0n) is 11.3. The van der Waals surface area contributed by atoms with Crippen LogP contribution < -0.4 is 11.3 Å². The Bertz CT molecular complexity index is 464. The number of nitrogens with zero attached hydrogens (tertiary/aromatic N) is 2. The van der Waals surface area contributed by atoms with E-state index in [1.807, 2.05) is 11.8 Å². The van der Waals surface area contributed by atoms with Crippen molar-refractivity contribution in [2.75, 3.05) is 25.2 Å². The number of hydrazine groups is 1. The minimum absolute atomic E-state index is 0.0113. The second-order valence-electron chi connectivity index (χ2n) is 4.66. The molecule has 1 aliphatic heterocycles. The zero-order valence-corrected chi connectivity index (χ0v) is 11.3. The van der Waals surface area contributed by atoms with Crippen molar-refractivity contribution in [3.8, 4) is 0 Å². The van der Waals surface area contributed by atoms with Gasteiger partial charge in [-0.05, 0) is 25.5 Å². The van der Waals surface area contributed by atoms with Crippen LogP contribution in [0.2, 0.25) is 0 Å². The molecule has 3 N–H and O–H groups in total. The number of nitrogens with two attached hydrogens (primary N) is 1. The second-order valence-corrected chi connectivity index (χ2v) is 4.66. The Balaban J connectivity index is 2.24. The van der Waals surface area contributed by atoms with Gasteiger partial charge in [-0.1, -0.05) is 6.92 Å². The molecule has 0 spiro atoms. The van der Waals surface area contributed by atoms with Crippen LogP contribution in [0.1, 0.15) is 29.4 Å². The maximum atomic E-state index is 12.6. The van der Waals surface area contributed by atoms with Crippen LogP contribution in [-0.2, 0) is 4.74 Å². The first kappa shape index (κ1) is 13.8. The normalized spacial score (nSPS) is 19.3. The molecular formula is C13H20N4O2. The van der Waals surface area contributed by atoms with E-state index < -0.39 is 0 Å². The maximum Gasteiger partial charge on any atom is 0.254 e. The SMILES string of the molecule is CCC1COCCN1C(=O)c1cc(C)nc(NN)c1. The smallest absolute Gasteiger partial charge is 0.254 e. The van der Waals surface area contributed by atoms with Crippen molar-refractivity contribution in [3.63, 3.8) is 0 Å². The molecular weight excluding hydrogens is 244 g/mol. The van der Waals surface area contributed by atoms with Crippen LogP contribution in [0.15, 0.2) is 12.1 Å². The summed E-state index contributed by atoms with van der Waals surface area (Å²) in [7, 11) is 0. The summed E-state index contributed by atoms with van der Waals surface area (Å²) in [5.74, 6) is 5.88. The lowest BCUT2D eigenvalue weighted by Crippen LogP contribution is -2.48. The van der Waals surface area contributed by atoms with Gasteiger partial charge in [0.1, 0.15) is 5.82 Å². The molecule has 0 radical (unpaired) electrons. The Morgan fingerprint density at radius 1 is 1.63 bits per heavy atom. The van der Waals surface area contributed by atoms with E-state index in [1.54, 1.807) is 12.1 Å². The van der Waals surface area contributed by atoms with Crippen molar-refractivity contribution in [3.05, 3.63) is 23.4 Å². The summed E-state index contributed by atoms with van der Waals surface area (Å²) < 4.78 is 5.42. The van der Waals surface area contributed by atoms with Crippen LogP contribution in [0.5, 0.6) is 0 Å². The minimum atomic E-state index is 0.0113. The van der Waals surface area contributed by atoms with Gasteiger partial charge in [0, 0.05) is 17.8 Å². The molecule has 1 atom stereocenters. The van der Waals surface area contributed by atoms with Crippen molar-refractivity contribution in [2.24, 2.45) is 5.84 Å². The third-order valence-electron chi connectivity index (χ3n) is 3.31. The summed E-state index contributed by atoms with van der Waals surface area (Å²) >= 11 is 0. The zero-order chi connectivity index (χ0) is 13.8. The van der Waals surface area contributed by atoms with Crippen LogP contribution in [0.25, 0.3) is 0 Å². The fourth-order valence-electron chi connectivity index (χ4n) is 2.29. The molecule has 2 heterocycles. The van der Waals surface area contributed by atoms with Crippen molar-refractivity contribution >= 4 is 11.7 Å². The largest absolute Gasteiger partial charge is 0.377 e. The number of rotatable bonds is 3. The van der Waals surface area contributed by atoms with Crippen LogP contribution in [0.3, 0.4) is 0 Å². The number of nitrogens with one attached hydrogen (secondary N) is 1. The third-order valence-corrected chi connectivity index (χ3v) is 3.31. The van der Waals surface area contributed by atoms with E-state index in [1.165, 1.54) is 0 Å². The molecule has 2 rings (SSSR count). The van der Waals surface area contributed by atoms with E-state index in [0.29, 0.717) is 31.1 Å². The number of morpholine rings is 1. The topological polar surface area (TPSA) is 80.5 Å². The van der Waals surface area contributed by atoms with Gasteiger partial charge in [0.2, 0.25) is 0 Å². The molecule has 0 aromatic carbocycles. The number of aromatic nitrogens is 1. The number of aryl methyl sites for hydroxylation is 1. The standard InChI is InChI=1S/C13H20N4O2/c1-3-11-8-19-5-4-17(11)13(18)10-6-9(2)15-12(7-10)16-14/h6-7,11H,3-5,8,14H2,1-2H3,(H,15,16). The van der Waals surface area contributed by atoms with Gasteiger partial charge in [0.05, 0.1) is 19.3 Å². The summed E-state index contributed by atoms with van der Waals surface area (Å²) in [6, 6.07) is 3.60. The quantitative estimate of drug-likeness (QED) is 0.627. The summed E-state index contributed by atoms with van der Waals surface area (Å²) in [5.41, 5.74) is 3.86. The fraction of sp³-hybridized carbons (Fsp3) is 0.538. The van der Waals surface area contributed by atoms with Gasteiger partial charge >= 0.3 is 0 Å².